The maximum absolute atomic E-state index is 12.4. The lowest BCUT2D eigenvalue weighted by Crippen LogP contribution is -2.18. The third-order valence-corrected chi connectivity index (χ3v) is 6.07. The van der Waals surface area contributed by atoms with E-state index in [2.05, 4.69) is 30.8 Å². The van der Waals surface area contributed by atoms with Crippen LogP contribution >= 0.6 is 15.9 Å². The molecule has 4 rings (SSSR count). The fraction of sp³-hybridized carbons (Fsp3) is 0. The van der Waals surface area contributed by atoms with Gasteiger partial charge in [0.2, 0.25) is 0 Å². The highest BCUT2D eigenvalue weighted by molar-refractivity contribution is 9.10. The van der Waals surface area contributed by atoms with Crippen molar-refractivity contribution < 1.29 is 8.42 Å². The topological polar surface area (TPSA) is 74.3 Å². The molecule has 0 saturated heterocycles. The Morgan fingerprint density at radius 2 is 1.57 bits per heavy atom. The van der Waals surface area contributed by atoms with Crippen LogP contribution < -0.4 is 4.83 Å². The summed E-state index contributed by atoms with van der Waals surface area (Å²) in [6, 6.07) is 24.1. The van der Waals surface area contributed by atoms with E-state index in [1.807, 2.05) is 54.6 Å². The molecular formula is C21H16BrN3O2S. The van der Waals surface area contributed by atoms with E-state index in [9.17, 15) is 8.42 Å². The lowest BCUT2D eigenvalue weighted by Gasteiger charge is -2.04. The van der Waals surface area contributed by atoms with Crippen LogP contribution in [0.5, 0.6) is 0 Å². The van der Waals surface area contributed by atoms with Crippen LogP contribution in [0.1, 0.15) is 5.56 Å². The Balaban J connectivity index is 1.70. The monoisotopic (exact) mass is 453 g/mol. The second kappa shape index (κ2) is 7.61. The van der Waals surface area contributed by atoms with Gasteiger partial charge in [-0.05, 0) is 35.9 Å². The zero-order valence-corrected chi connectivity index (χ0v) is 17.0. The molecule has 0 spiro atoms. The SMILES string of the molecule is O=S(=O)(NN=Cc1c(-c2ccccc2)[nH]c2ccccc12)c1ccc(Br)cc1. The molecule has 28 heavy (non-hydrogen) atoms. The molecule has 0 aliphatic carbocycles. The van der Waals surface area contributed by atoms with Crippen molar-refractivity contribution in [3.05, 3.63) is 88.9 Å². The van der Waals surface area contributed by atoms with Gasteiger partial charge in [-0.3, -0.25) is 0 Å². The molecule has 0 fully saturated rings. The summed E-state index contributed by atoms with van der Waals surface area (Å²) in [6.07, 6.45) is 1.54. The summed E-state index contributed by atoms with van der Waals surface area (Å²) >= 11 is 3.30. The Morgan fingerprint density at radius 1 is 0.893 bits per heavy atom. The Morgan fingerprint density at radius 3 is 2.32 bits per heavy atom. The van der Waals surface area contributed by atoms with Gasteiger partial charge in [0.25, 0.3) is 10.0 Å². The molecule has 0 atom stereocenters. The van der Waals surface area contributed by atoms with E-state index in [0.717, 1.165) is 32.2 Å². The maximum atomic E-state index is 12.4. The van der Waals surface area contributed by atoms with E-state index in [1.54, 1.807) is 12.1 Å². The Bertz CT molecular complexity index is 1250. The van der Waals surface area contributed by atoms with Gasteiger partial charge < -0.3 is 4.98 Å². The first-order chi connectivity index (χ1) is 13.5. The zero-order valence-electron chi connectivity index (χ0n) is 14.6. The fourth-order valence-corrected chi connectivity index (χ4v) is 4.01. The van der Waals surface area contributed by atoms with Crippen molar-refractivity contribution in [1.82, 2.24) is 9.82 Å². The standard InChI is InChI=1S/C21H16BrN3O2S/c22-16-10-12-17(13-11-16)28(26,27)25-23-14-19-18-8-4-5-9-20(18)24-21(19)15-6-2-1-3-7-15/h1-14,24-25H. The highest BCUT2D eigenvalue weighted by atomic mass is 79.9. The van der Waals surface area contributed by atoms with Gasteiger partial charge in [0.1, 0.15) is 0 Å². The van der Waals surface area contributed by atoms with Crippen LogP contribution in [0.2, 0.25) is 0 Å². The number of aromatic nitrogens is 1. The molecule has 0 amide bonds. The largest absolute Gasteiger partial charge is 0.354 e. The minimum atomic E-state index is -3.74. The quantitative estimate of drug-likeness (QED) is 0.332. The smallest absolute Gasteiger partial charge is 0.276 e. The minimum Gasteiger partial charge on any atom is -0.354 e. The van der Waals surface area contributed by atoms with Gasteiger partial charge >= 0.3 is 0 Å². The molecule has 0 saturated carbocycles. The summed E-state index contributed by atoms with van der Waals surface area (Å²) < 4.78 is 25.7. The number of aromatic amines is 1. The molecule has 0 unspecified atom stereocenters. The number of benzene rings is 3. The second-order valence-corrected chi connectivity index (χ2v) is 8.71. The van der Waals surface area contributed by atoms with E-state index < -0.39 is 10.0 Å². The molecule has 0 radical (unpaired) electrons. The number of nitrogens with zero attached hydrogens (tertiary/aromatic N) is 1. The maximum Gasteiger partial charge on any atom is 0.276 e. The number of para-hydroxylation sites is 1. The Hall–Kier alpha value is -2.90. The summed E-state index contributed by atoms with van der Waals surface area (Å²) in [5.74, 6) is 0. The van der Waals surface area contributed by atoms with Crippen LogP contribution in [0.25, 0.3) is 22.2 Å². The van der Waals surface area contributed by atoms with Gasteiger partial charge in [0.15, 0.2) is 0 Å². The summed E-state index contributed by atoms with van der Waals surface area (Å²) in [4.78, 5) is 5.83. The molecule has 4 aromatic rings. The van der Waals surface area contributed by atoms with E-state index in [-0.39, 0.29) is 4.90 Å². The molecule has 0 bridgehead atoms. The van der Waals surface area contributed by atoms with Crippen LogP contribution in [-0.4, -0.2) is 19.6 Å². The number of hydrogen-bond donors (Lipinski definition) is 2. The number of rotatable bonds is 5. The minimum absolute atomic E-state index is 0.148. The van der Waals surface area contributed by atoms with Crippen LogP contribution in [0.3, 0.4) is 0 Å². The molecule has 0 aliphatic heterocycles. The van der Waals surface area contributed by atoms with Crippen molar-refractivity contribution in [1.29, 1.82) is 0 Å². The number of halogens is 1. The average molecular weight is 454 g/mol. The van der Waals surface area contributed by atoms with E-state index in [4.69, 9.17) is 0 Å². The predicted molar refractivity (Wildman–Crippen MR) is 116 cm³/mol. The van der Waals surface area contributed by atoms with Crippen LogP contribution in [-0.2, 0) is 10.0 Å². The van der Waals surface area contributed by atoms with Gasteiger partial charge in [0.05, 0.1) is 16.8 Å². The summed E-state index contributed by atoms with van der Waals surface area (Å²) in [7, 11) is -3.74. The second-order valence-electron chi connectivity index (χ2n) is 6.13. The van der Waals surface area contributed by atoms with Crippen molar-refractivity contribution in [2.45, 2.75) is 4.90 Å². The fourth-order valence-electron chi connectivity index (χ4n) is 2.96. The normalized spacial score (nSPS) is 11.9. The molecule has 5 nitrogen and oxygen atoms in total. The number of H-pyrrole nitrogens is 1. The van der Waals surface area contributed by atoms with Gasteiger partial charge in [0, 0.05) is 20.9 Å². The summed E-state index contributed by atoms with van der Waals surface area (Å²) in [5.41, 5.74) is 3.66. The van der Waals surface area contributed by atoms with Gasteiger partial charge in [-0.15, -0.1) is 0 Å². The summed E-state index contributed by atoms with van der Waals surface area (Å²) in [5, 5.41) is 4.99. The Kier molecular flexibility index (Phi) is 5.02. The number of sulfonamides is 1. The number of fused-ring (bicyclic) bond motifs is 1. The first-order valence-electron chi connectivity index (χ1n) is 8.51. The van der Waals surface area contributed by atoms with Crippen molar-refractivity contribution in [2.75, 3.05) is 0 Å². The van der Waals surface area contributed by atoms with E-state index >= 15 is 0 Å². The highest BCUT2D eigenvalue weighted by Crippen LogP contribution is 2.29. The van der Waals surface area contributed by atoms with Gasteiger partial charge in [-0.2, -0.15) is 13.5 Å². The predicted octanol–water partition coefficient (Wildman–Crippen LogP) is 4.91. The van der Waals surface area contributed by atoms with Crippen molar-refractivity contribution >= 4 is 43.1 Å². The molecule has 7 heteroatoms. The lowest BCUT2D eigenvalue weighted by atomic mass is 10.1. The molecule has 1 aromatic heterocycles. The molecule has 0 aliphatic rings. The van der Waals surface area contributed by atoms with E-state index in [1.165, 1.54) is 18.3 Å². The molecular weight excluding hydrogens is 438 g/mol. The van der Waals surface area contributed by atoms with Crippen molar-refractivity contribution in [3.63, 3.8) is 0 Å². The highest BCUT2D eigenvalue weighted by Gasteiger charge is 2.14. The molecule has 2 N–H and O–H groups in total. The third kappa shape index (κ3) is 3.72. The average Bonchev–Trinajstić information content (AvgIpc) is 3.08. The number of hydrogen-bond acceptors (Lipinski definition) is 3. The van der Waals surface area contributed by atoms with Crippen LogP contribution in [0.15, 0.2) is 93.3 Å². The zero-order chi connectivity index (χ0) is 19.6. The number of nitrogens with one attached hydrogen (secondary N) is 2. The summed E-state index contributed by atoms with van der Waals surface area (Å²) in [6.45, 7) is 0. The van der Waals surface area contributed by atoms with Gasteiger partial charge in [-0.1, -0.05) is 64.5 Å². The van der Waals surface area contributed by atoms with Crippen LogP contribution in [0.4, 0.5) is 0 Å². The van der Waals surface area contributed by atoms with Crippen molar-refractivity contribution in [2.24, 2.45) is 5.10 Å². The van der Waals surface area contributed by atoms with Gasteiger partial charge in [-0.25, -0.2) is 4.83 Å². The Labute approximate surface area is 171 Å². The lowest BCUT2D eigenvalue weighted by molar-refractivity contribution is 0.584. The van der Waals surface area contributed by atoms with Crippen molar-refractivity contribution in [3.8, 4) is 11.3 Å². The number of hydrazone groups is 1. The first kappa shape index (κ1) is 18.5. The van der Waals surface area contributed by atoms with E-state index in [0.29, 0.717) is 0 Å². The molecule has 1 heterocycles. The molecule has 140 valence electrons. The third-order valence-electron chi connectivity index (χ3n) is 4.30. The first-order valence-corrected chi connectivity index (χ1v) is 10.8. The molecule has 3 aromatic carbocycles. The van der Waals surface area contributed by atoms with Crippen LogP contribution in [0, 0.1) is 0 Å².